The van der Waals surface area contributed by atoms with E-state index in [9.17, 15) is 0 Å². The number of aliphatic imine (C=N–C) groups is 1. The number of anilines is 1. The SMILES string of the molecule is BrC1=C(Nc2cc(C3CC3)[nH]n2)NC(N2CCOCC2)N=C1. The first-order chi connectivity index (χ1) is 10.8. The zero-order chi connectivity index (χ0) is 14.9. The first kappa shape index (κ1) is 14.2. The molecule has 2 fully saturated rings. The molecule has 22 heavy (non-hydrogen) atoms. The number of H-pyrrole nitrogens is 1. The van der Waals surface area contributed by atoms with Crippen LogP contribution in [-0.2, 0) is 4.74 Å². The Morgan fingerprint density at radius 1 is 1.32 bits per heavy atom. The van der Waals surface area contributed by atoms with Gasteiger partial charge in [-0.25, -0.2) is 0 Å². The minimum Gasteiger partial charge on any atom is -0.379 e. The molecule has 2 aliphatic heterocycles. The molecule has 1 saturated carbocycles. The van der Waals surface area contributed by atoms with Crippen LogP contribution in [0.5, 0.6) is 0 Å². The van der Waals surface area contributed by atoms with E-state index in [0.717, 1.165) is 42.4 Å². The van der Waals surface area contributed by atoms with Crippen LogP contribution < -0.4 is 10.6 Å². The Bertz CT molecular complexity index is 602. The lowest BCUT2D eigenvalue weighted by Crippen LogP contribution is -2.51. The van der Waals surface area contributed by atoms with Gasteiger partial charge in [-0.15, -0.1) is 0 Å². The molecule has 1 saturated heterocycles. The van der Waals surface area contributed by atoms with Gasteiger partial charge in [-0.2, -0.15) is 5.10 Å². The van der Waals surface area contributed by atoms with Gasteiger partial charge in [0.15, 0.2) is 12.1 Å². The zero-order valence-electron chi connectivity index (χ0n) is 12.2. The van der Waals surface area contributed by atoms with E-state index in [0.29, 0.717) is 5.92 Å². The summed E-state index contributed by atoms with van der Waals surface area (Å²) < 4.78 is 6.29. The van der Waals surface area contributed by atoms with Gasteiger partial charge >= 0.3 is 0 Å². The summed E-state index contributed by atoms with van der Waals surface area (Å²) >= 11 is 3.54. The third-order valence-corrected chi connectivity index (χ3v) is 4.70. The van der Waals surface area contributed by atoms with Crippen molar-refractivity contribution in [1.29, 1.82) is 0 Å². The van der Waals surface area contributed by atoms with Crippen molar-refractivity contribution in [2.75, 3.05) is 31.6 Å². The standard InChI is InChI=1S/C14H19BrN6O/c15-10-8-16-14(21-3-5-22-6-4-21)18-13(10)17-12-7-11(19-20-12)9-1-2-9/h7-9,14,18H,1-6H2,(H2,17,19,20). The topological polar surface area (TPSA) is 77.6 Å². The van der Waals surface area contributed by atoms with Crippen molar-refractivity contribution < 1.29 is 4.74 Å². The molecule has 1 aromatic heterocycles. The van der Waals surface area contributed by atoms with E-state index >= 15 is 0 Å². The minimum atomic E-state index is -0.0606. The van der Waals surface area contributed by atoms with E-state index in [4.69, 9.17) is 4.74 Å². The van der Waals surface area contributed by atoms with Crippen LogP contribution in [-0.4, -0.2) is 53.9 Å². The normalized spacial score (nSPS) is 26.1. The highest BCUT2D eigenvalue weighted by Crippen LogP contribution is 2.39. The molecule has 1 atom stereocenters. The second-order valence-electron chi connectivity index (χ2n) is 5.78. The Morgan fingerprint density at radius 3 is 2.91 bits per heavy atom. The number of ether oxygens (including phenoxy) is 1. The highest BCUT2D eigenvalue weighted by Gasteiger charge is 2.27. The van der Waals surface area contributed by atoms with Gasteiger partial charge in [0, 0.05) is 37.0 Å². The lowest BCUT2D eigenvalue weighted by atomic mass is 10.3. The Labute approximate surface area is 137 Å². The summed E-state index contributed by atoms with van der Waals surface area (Å²) in [5.74, 6) is 2.39. The lowest BCUT2D eigenvalue weighted by Gasteiger charge is -2.34. The van der Waals surface area contributed by atoms with Crippen molar-refractivity contribution >= 4 is 28.0 Å². The molecule has 0 bridgehead atoms. The summed E-state index contributed by atoms with van der Waals surface area (Å²) in [6, 6.07) is 2.09. The molecule has 7 nitrogen and oxygen atoms in total. The van der Waals surface area contributed by atoms with Gasteiger partial charge in [-0.05, 0) is 28.8 Å². The van der Waals surface area contributed by atoms with Crippen molar-refractivity contribution in [3.05, 3.63) is 22.1 Å². The van der Waals surface area contributed by atoms with Crippen molar-refractivity contribution in [1.82, 2.24) is 20.4 Å². The predicted octanol–water partition coefficient (Wildman–Crippen LogP) is 1.55. The number of nitrogens with one attached hydrogen (secondary N) is 3. The van der Waals surface area contributed by atoms with Crippen molar-refractivity contribution in [2.45, 2.75) is 25.0 Å². The predicted molar refractivity (Wildman–Crippen MR) is 87.9 cm³/mol. The number of halogens is 1. The minimum absolute atomic E-state index is 0.0606. The molecule has 0 radical (unpaired) electrons. The van der Waals surface area contributed by atoms with Crippen LogP contribution in [0.4, 0.5) is 5.82 Å². The smallest absolute Gasteiger partial charge is 0.177 e. The van der Waals surface area contributed by atoms with Crippen LogP contribution in [0.1, 0.15) is 24.5 Å². The molecule has 0 aromatic carbocycles. The van der Waals surface area contributed by atoms with Crippen molar-refractivity contribution in [3.63, 3.8) is 0 Å². The van der Waals surface area contributed by atoms with E-state index in [1.165, 1.54) is 18.5 Å². The van der Waals surface area contributed by atoms with Gasteiger partial charge in [0.25, 0.3) is 0 Å². The van der Waals surface area contributed by atoms with Gasteiger partial charge in [0.05, 0.1) is 17.7 Å². The summed E-state index contributed by atoms with van der Waals surface area (Å²) in [6.45, 7) is 3.28. The number of hydrogen-bond acceptors (Lipinski definition) is 6. The average molecular weight is 367 g/mol. The van der Waals surface area contributed by atoms with Crippen LogP contribution >= 0.6 is 15.9 Å². The van der Waals surface area contributed by atoms with Gasteiger partial charge in [-0.1, -0.05) is 0 Å². The maximum Gasteiger partial charge on any atom is 0.177 e. The van der Waals surface area contributed by atoms with Gasteiger partial charge in [0.1, 0.15) is 5.82 Å². The molecule has 1 aliphatic carbocycles. The van der Waals surface area contributed by atoms with Crippen molar-refractivity contribution in [3.8, 4) is 0 Å². The first-order valence-corrected chi connectivity index (χ1v) is 8.42. The molecule has 3 heterocycles. The lowest BCUT2D eigenvalue weighted by molar-refractivity contribution is 0.0131. The molecule has 8 heteroatoms. The van der Waals surface area contributed by atoms with Crippen molar-refractivity contribution in [2.24, 2.45) is 4.99 Å². The second-order valence-corrected chi connectivity index (χ2v) is 6.63. The summed E-state index contributed by atoms with van der Waals surface area (Å²) in [5.41, 5.74) is 1.22. The fourth-order valence-corrected chi connectivity index (χ4v) is 3.00. The molecule has 1 unspecified atom stereocenters. The molecular formula is C14H19BrN6O. The Kier molecular flexibility index (Phi) is 3.89. The molecule has 3 aliphatic rings. The maximum atomic E-state index is 5.39. The number of morpholine rings is 1. The summed E-state index contributed by atoms with van der Waals surface area (Å²) in [7, 11) is 0. The molecule has 0 spiro atoms. The number of aromatic nitrogens is 2. The molecule has 4 rings (SSSR count). The van der Waals surface area contributed by atoms with Crippen LogP contribution in [0.2, 0.25) is 0 Å². The van der Waals surface area contributed by atoms with Gasteiger partial charge in [-0.3, -0.25) is 15.0 Å². The Hall–Kier alpha value is -1.38. The Balaban J connectivity index is 1.43. The Morgan fingerprint density at radius 2 is 2.14 bits per heavy atom. The number of nitrogens with zero attached hydrogens (tertiary/aromatic N) is 3. The average Bonchev–Trinajstić information content (AvgIpc) is 3.30. The van der Waals surface area contributed by atoms with Gasteiger partial charge < -0.3 is 15.4 Å². The summed E-state index contributed by atoms with van der Waals surface area (Å²) in [6.07, 6.45) is 4.30. The fourth-order valence-electron chi connectivity index (χ4n) is 2.67. The van der Waals surface area contributed by atoms with Gasteiger partial charge in [0.2, 0.25) is 0 Å². The summed E-state index contributed by atoms with van der Waals surface area (Å²) in [4.78, 5) is 6.80. The highest BCUT2D eigenvalue weighted by molar-refractivity contribution is 9.12. The maximum absolute atomic E-state index is 5.39. The van der Waals surface area contributed by atoms with E-state index in [-0.39, 0.29) is 6.29 Å². The number of rotatable bonds is 4. The van der Waals surface area contributed by atoms with E-state index in [1.54, 1.807) is 0 Å². The van der Waals surface area contributed by atoms with Crippen LogP contribution in [0.3, 0.4) is 0 Å². The number of allylic oxidation sites excluding steroid dienone is 1. The van der Waals surface area contributed by atoms with Crippen LogP contribution in [0, 0.1) is 0 Å². The third-order valence-electron chi connectivity index (χ3n) is 4.10. The largest absolute Gasteiger partial charge is 0.379 e. The third kappa shape index (κ3) is 3.04. The molecule has 118 valence electrons. The molecular weight excluding hydrogens is 348 g/mol. The number of hydrogen-bond donors (Lipinski definition) is 3. The number of aromatic amines is 1. The molecule has 1 aromatic rings. The zero-order valence-corrected chi connectivity index (χ0v) is 13.8. The quantitative estimate of drug-likeness (QED) is 0.753. The van der Waals surface area contributed by atoms with E-state index in [1.807, 2.05) is 6.21 Å². The fraction of sp³-hybridized carbons (Fsp3) is 0.571. The molecule has 0 amide bonds. The first-order valence-electron chi connectivity index (χ1n) is 7.63. The molecule has 3 N–H and O–H groups in total. The van der Waals surface area contributed by atoms with Crippen LogP contribution in [0.25, 0.3) is 0 Å². The monoisotopic (exact) mass is 366 g/mol. The van der Waals surface area contributed by atoms with E-state index in [2.05, 4.69) is 52.7 Å². The van der Waals surface area contributed by atoms with E-state index < -0.39 is 0 Å². The van der Waals surface area contributed by atoms with Crippen LogP contribution in [0.15, 0.2) is 21.4 Å². The second kappa shape index (κ2) is 6.02. The summed E-state index contributed by atoms with van der Waals surface area (Å²) in [5, 5.41) is 14.2. The highest BCUT2D eigenvalue weighted by atomic mass is 79.9.